The van der Waals surface area contributed by atoms with Crippen molar-refractivity contribution in [1.82, 2.24) is 0 Å². The van der Waals surface area contributed by atoms with Crippen molar-refractivity contribution in [3.63, 3.8) is 0 Å². The zero-order chi connectivity index (χ0) is 11.8. The van der Waals surface area contributed by atoms with Crippen LogP contribution in [0.3, 0.4) is 0 Å². The quantitative estimate of drug-likeness (QED) is 0.785. The number of rotatable bonds is 1. The molecule has 1 aliphatic rings. The van der Waals surface area contributed by atoms with Crippen molar-refractivity contribution in [2.24, 2.45) is 0 Å². The highest BCUT2D eigenvalue weighted by Gasteiger charge is 2.30. The SMILES string of the molecule is Cc1ccc2c(c1)C(c1ccccc1)C[C@H]2O. The summed E-state index contributed by atoms with van der Waals surface area (Å²) < 4.78 is 0. The third-order valence-electron chi connectivity index (χ3n) is 3.64. The molecule has 1 unspecified atom stereocenters. The van der Waals surface area contributed by atoms with E-state index in [1.807, 2.05) is 6.07 Å². The molecule has 2 aromatic rings. The molecule has 0 saturated carbocycles. The van der Waals surface area contributed by atoms with Gasteiger partial charge in [0, 0.05) is 5.92 Å². The Morgan fingerprint density at radius 1 is 1.00 bits per heavy atom. The number of hydrogen-bond acceptors (Lipinski definition) is 1. The van der Waals surface area contributed by atoms with Crippen LogP contribution in [0.25, 0.3) is 0 Å². The Labute approximate surface area is 102 Å². The second-order valence-corrected chi connectivity index (χ2v) is 4.85. The normalized spacial score (nSPS) is 22.5. The molecule has 0 amide bonds. The molecule has 2 aromatic carbocycles. The molecular weight excluding hydrogens is 208 g/mol. The van der Waals surface area contributed by atoms with Crippen LogP contribution in [0.2, 0.25) is 0 Å². The summed E-state index contributed by atoms with van der Waals surface area (Å²) in [5.74, 6) is 0.348. The van der Waals surface area contributed by atoms with Crippen molar-refractivity contribution < 1.29 is 5.11 Å². The second kappa shape index (κ2) is 4.01. The monoisotopic (exact) mass is 224 g/mol. The summed E-state index contributed by atoms with van der Waals surface area (Å²) in [5.41, 5.74) is 4.96. The number of benzene rings is 2. The van der Waals surface area contributed by atoms with Crippen molar-refractivity contribution in [3.8, 4) is 0 Å². The molecule has 0 spiro atoms. The summed E-state index contributed by atoms with van der Waals surface area (Å²) in [5, 5.41) is 10.1. The first-order valence-corrected chi connectivity index (χ1v) is 6.09. The third kappa shape index (κ3) is 1.77. The van der Waals surface area contributed by atoms with E-state index in [1.54, 1.807) is 0 Å². The van der Waals surface area contributed by atoms with Gasteiger partial charge < -0.3 is 5.11 Å². The first-order chi connectivity index (χ1) is 8.25. The highest BCUT2D eigenvalue weighted by Crippen LogP contribution is 2.44. The molecule has 0 fully saturated rings. The van der Waals surface area contributed by atoms with Crippen LogP contribution in [-0.4, -0.2) is 5.11 Å². The Morgan fingerprint density at radius 3 is 2.53 bits per heavy atom. The van der Waals surface area contributed by atoms with E-state index in [1.165, 1.54) is 16.7 Å². The summed E-state index contributed by atoms with van der Waals surface area (Å²) in [7, 11) is 0. The van der Waals surface area contributed by atoms with Gasteiger partial charge >= 0.3 is 0 Å². The summed E-state index contributed by atoms with van der Waals surface area (Å²) >= 11 is 0. The number of aliphatic hydroxyl groups excluding tert-OH is 1. The molecule has 17 heavy (non-hydrogen) atoms. The second-order valence-electron chi connectivity index (χ2n) is 4.85. The van der Waals surface area contributed by atoms with Crippen LogP contribution < -0.4 is 0 Å². The van der Waals surface area contributed by atoms with Crippen molar-refractivity contribution in [2.75, 3.05) is 0 Å². The van der Waals surface area contributed by atoms with Crippen LogP contribution in [0, 0.1) is 6.92 Å². The van der Waals surface area contributed by atoms with Crippen molar-refractivity contribution >= 4 is 0 Å². The molecule has 0 aromatic heterocycles. The third-order valence-corrected chi connectivity index (χ3v) is 3.64. The average molecular weight is 224 g/mol. The molecule has 0 bridgehead atoms. The largest absolute Gasteiger partial charge is 0.388 e. The van der Waals surface area contributed by atoms with Gasteiger partial charge in [-0.15, -0.1) is 0 Å². The molecule has 2 atom stereocenters. The molecule has 1 heteroatoms. The molecule has 1 nitrogen and oxygen atoms in total. The van der Waals surface area contributed by atoms with Crippen LogP contribution in [0.1, 0.15) is 40.7 Å². The van der Waals surface area contributed by atoms with Gasteiger partial charge in [0.2, 0.25) is 0 Å². The minimum atomic E-state index is -0.309. The highest BCUT2D eigenvalue weighted by atomic mass is 16.3. The van der Waals surface area contributed by atoms with E-state index in [2.05, 4.69) is 49.4 Å². The Bertz CT molecular complexity index is 530. The smallest absolute Gasteiger partial charge is 0.0802 e. The lowest BCUT2D eigenvalue weighted by atomic mass is 9.92. The Hall–Kier alpha value is -1.60. The topological polar surface area (TPSA) is 20.2 Å². The summed E-state index contributed by atoms with van der Waals surface area (Å²) in [6.07, 6.45) is 0.499. The summed E-state index contributed by atoms with van der Waals surface area (Å²) in [4.78, 5) is 0. The van der Waals surface area contributed by atoms with Crippen molar-refractivity contribution in [2.45, 2.75) is 25.4 Å². The molecule has 0 heterocycles. The predicted octanol–water partition coefficient (Wildman–Crippen LogP) is 3.56. The van der Waals surface area contributed by atoms with Crippen molar-refractivity contribution in [3.05, 3.63) is 70.8 Å². The van der Waals surface area contributed by atoms with Crippen LogP contribution in [-0.2, 0) is 0 Å². The Balaban J connectivity index is 2.09. The van der Waals surface area contributed by atoms with E-state index in [-0.39, 0.29) is 6.10 Å². The van der Waals surface area contributed by atoms with E-state index in [0.29, 0.717) is 5.92 Å². The van der Waals surface area contributed by atoms with Gasteiger partial charge in [0.05, 0.1) is 6.10 Å². The lowest BCUT2D eigenvalue weighted by Crippen LogP contribution is -1.96. The van der Waals surface area contributed by atoms with E-state index >= 15 is 0 Å². The van der Waals surface area contributed by atoms with E-state index in [9.17, 15) is 5.11 Å². The molecule has 0 aliphatic heterocycles. The fourth-order valence-electron chi connectivity index (χ4n) is 2.78. The molecule has 0 radical (unpaired) electrons. The van der Waals surface area contributed by atoms with Gasteiger partial charge in [0.1, 0.15) is 0 Å². The zero-order valence-electron chi connectivity index (χ0n) is 9.93. The average Bonchev–Trinajstić information content (AvgIpc) is 2.67. The molecular formula is C16H16O. The van der Waals surface area contributed by atoms with Crippen molar-refractivity contribution in [1.29, 1.82) is 0 Å². The lowest BCUT2D eigenvalue weighted by Gasteiger charge is -2.12. The lowest BCUT2D eigenvalue weighted by molar-refractivity contribution is 0.176. The van der Waals surface area contributed by atoms with Crippen LogP contribution >= 0.6 is 0 Å². The molecule has 3 rings (SSSR count). The van der Waals surface area contributed by atoms with Gasteiger partial charge in [-0.3, -0.25) is 0 Å². The zero-order valence-corrected chi connectivity index (χ0v) is 9.93. The maximum Gasteiger partial charge on any atom is 0.0802 e. The van der Waals surface area contributed by atoms with Crippen LogP contribution in [0.15, 0.2) is 48.5 Å². The van der Waals surface area contributed by atoms with Gasteiger partial charge in [0.15, 0.2) is 0 Å². The van der Waals surface area contributed by atoms with Gasteiger partial charge in [-0.25, -0.2) is 0 Å². The van der Waals surface area contributed by atoms with Gasteiger partial charge in [0.25, 0.3) is 0 Å². The molecule has 1 N–H and O–H groups in total. The number of aliphatic hydroxyl groups is 1. The summed E-state index contributed by atoms with van der Waals surface area (Å²) in [6, 6.07) is 16.8. The first kappa shape index (κ1) is 10.5. The first-order valence-electron chi connectivity index (χ1n) is 6.09. The maximum absolute atomic E-state index is 10.1. The number of aryl methyl sites for hydroxylation is 1. The predicted molar refractivity (Wildman–Crippen MR) is 69.0 cm³/mol. The van der Waals surface area contributed by atoms with E-state index in [4.69, 9.17) is 0 Å². The summed E-state index contributed by atoms with van der Waals surface area (Å²) in [6.45, 7) is 2.10. The molecule has 0 saturated heterocycles. The standard InChI is InChI=1S/C16H16O/c1-11-7-8-13-15(9-11)14(10-16(13)17)12-5-3-2-4-6-12/h2-9,14,16-17H,10H2,1H3/t14?,16-/m1/s1. The Kier molecular flexibility index (Phi) is 2.49. The minimum absolute atomic E-state index is 0.309. The van der Waals surface area contributed by atoms with E-state index < -0.39 is 0 Å². The Morgan fingerprint density at radius 2 is 1.76 bits per heavy atom. The fourth-order valence-corrected chi connectivity index (χ4v) is 2.78. The van der Waals surface area contributed by atoms with Gasteiger partial charge in [-0.05, 0) is 30.0 Å². The van der Waals surface area contributed by atoms with Crippen LogP contribution in [0.5, 0.6) is 0 Å². The van der Waals surface area contributed by atoms with Crippen LogP contribution in [0.4, 0.5) is 0 Å². The molecule has 1 aliphatic carbocycles. The van der Waals surface area contributed by atoms with Gasteiger partial charge in [-0.1, -0.05) is 54.1 Å². The van der Waals surface area contributed by atoms with E-state index in [0.717, 1.165) is 12.0 Å². The fraction of sp³-hybridized carbons (Fsp3) is 0.250. The minimum Gasteiger partial charge on any atom is -0.388 e. The maximum atomic E-state index is 10.1. The highest BCUT2D eigenvalue weighted by molar-refractivity contribution is 5.45. The molecule has 86 valence electrons. The van der Waals surface area contributed by atoms with Gasteiger partial charge in [-0.2, -0.15) is 0 Å². The number of fused-ring (bicyclic) bond motifs is 1. The number of hydrogen-bond donors (Lipinski definition) is 1.